The molecule has 24 heavy (non-hydrogen) atoms. The molecule has 0 aliphatic carbocycles. The first kappa shape index (κ1) is 16.9. The molecule has 0 saturated carbocycles. The molecule has 2 aromatic heterocycles. The maximum atomic E-state index is 12.1. The van der Waals surface area contributed by atoms with E-state index in [0.29, 0.717) is 21.5 Å². The Morgan fingerprint density at radius 1 is 1.29 bits per heavy atom. The van der Waals surface area contributed by atoms with E-state index in [-0.39, 0.29) is 16.6 Å². The van der Waals surface area contributed by atoms with Gasteiger partial charge in [0.25, 0.3) is 10.0 Å². The maximum Gasteiger partial charge on any atom is 0.250 e. The van der Waals surface area contributed by atoms with Gasteiger partial charge in [0.15, 0.2) is 0 Å². The topological polar surface area (TPSA) is 94.3 Å². The van der Waals surface area contributed by atoms with Crippen LogP contribution in [0.4, 0.5) is 0 Å². The lowest BCUT2D eigenvalue weighted by Gasteiger charge is -2.03. The first-order valence-corrected chi connectivity index (χ1v) is 9.38. The number of nitrogens with zero attached hydrogens (tertiary/aromatic N) is 2. The van der Waals surface area contributed by atoms with E-state index in [1.54, 1.807) is 19.2 Å². The zero-order chi connectivity index (χ0) is 17.2. The molecule has 0 saturated heterocycles. The first-order valence-electron chi connectivity index (χ1n) is 6.70. The number of nitrogens with one attached hydrogen (secondary N) is 1. The van der Waals surface area contributed by atoms with Crippen molar-refractivity contribution in [2.75, 3.05) is 7.11 Å². The summed E-state index contributed by atoms with van der Waals surface area (Å²) in [6, 6.07) is 10.2. The molecule has 0 atom stereocenters. The third-order valence-corrected chi connectivity index (χ3v) is 6.17. The summed E-state index contributed by atoms with van der Waals surface area (Å²) in [6.45, 7) is -0.125. The molecule has 0 fully saturated rings. The van der Waals surface area contributed by atoms with Crippen molar-refractivity contribution in [2.45, 2.75) is 10.8 Å². The molecule has 0 aliphatic heterocycles. The normalized spacial score (nSPS) is 11.6. The van der Waals surface area contributed by atoms with Gasteiger partial charge in [-0.3, -0.25) is 0 Å². The third-order valence-electron chi connectivity index (χ3n) is 3.04. The van der Waals surface area contributed by atoms with Crippen molar-refractivity contribution in [3.63, 3.8) is 0 Å². The highest BCUT2D eigenvalue weighted by molar-refractivity contribution is 7.91. The molecule has 0 amide bonds. The summed E-state index contributed by atoms with van der Waals surface area (Å²) in [6.07, 6.45) is 0. The summed E-state index contributed by atoms with van der Waals surface area (Å²) < 4.78 is 37.5. The van der Waals surface area contributed by atoms with E-state index in [0.717, 1.165) is 11.3 Å². The van der Waals surface area contributed by atoms with Gasteiger partial charge in [-0.1, -0.05) is 28.9 Å². The predicted octanol–water partition coefficient (Wildman–Crippen LogP) is 2.94. The lowest BCUT2D eigenvalue weighted by Crippen LogP contribution is -2.22. The molecule has 0 unspecified atom stereocenters. The summed E-state index contributed by atoms with van der Waals surface area (Å²) in [5, 5.41) is 3.85. The van der Waals surface area contributed by atoms with Crippen molar-refractivity contribution < 1.29 is 17.7 Å². The second kappa shape index (κ2) is 6.89. The van der Waals surface area contributed by atoms with E-state index in [2.05, 4.69) is 14.9 Å². The van der Waals surface area contributed by atoms with Crippen LogP contribution in [0, 0.1) is 0 Å². The number of halogens is 1. The van der Waals surface area contributed by atoms with Crippen LogP contribution in [0.2, 0.25) is 4.34 Å². The van der Waals surface area contributed by atoms with E-state index < -0.39 is 10.0 Å². The zero-order valence-corrected chi connectivity index (χ0v) is 14.8. The number of hydrogen-bond donors (Lipinski definition) is 1. The standard InChI is InChI=1S/C14H12ClN3O4S2/c1-21-10-5-3-2-4-9(10)14-17-12(22-18-14)8-16-24(19,20)13-7-6-11(15)23-13/h2-7,16H,8H2,1H3. The van der Waals surface area contributed by atoms with Crippen molar-refractivity contribution in [2.24, 2.45) is 0 Å². The van der Waals surface area contributed by atoms with E-state index in [4.69, 9.17) is 20.9 Å². The average molecular weight is 386 g/mol. The summed E-state index contributed by atoms with van der Waals surface area (Å²) in [4.78, 5) is 4.18. The number of aromatic nitrogens is 2. The summed E-state index contributed by atoms with van der Waals surface area (Å²) in [5.41, 5.74) is 0.655. The zero-order valence-electron chi connectivity index (χ0n) is 12.4. The largest absolute Gasteiger partial charge is 0.496 e. The van der Waals surface area contributed by atoms with Gasteiger partial charge < -0.3 is 9.26 Å². The molecule has 3 aromatic rings. The number of para-hydroxylation sites is 1. The van der Waals surface area contributed by atoms with Gasteiger partial charge in [0, 0.05) is 0 Å². The van der Waals surface area contributed by atoms with Crippen LogP contribution in [-0.2, 0) is 16.6 Å². The molecule has 0 spiro atoms. The molecule has 10 heteroatoms. The van der Waals surface area contributed by atoms with Crippen LogP contribution >= 0.6 is 22.9 Å². The number of ether oxygens (including phenoxy) is 1. The van der Waals surface area contributed by atoms with E-state index in [1.165, 1.54) is 12.1 Å². The van der Waals surface area contributed by atoms with Gasteiger partial charge in [0.2, 0.25) is 11.7 Å². The number of thiophene rings is 1. The van der Waals surface area contributed by atoms with Gasteiger partial charge in [-0.25, -0.2) is 13.1 Å². The molecule has 2 heterocycles. The molecule has 126 valence electrons. The summed E-state index contributed by atoms with van der Waals surface area (Å²) >= 11 is 6.73. The highest BCUT2D eigenvalue weighted by atomic mass is 35.5. The SMILES string of the molecule is COc1ccccc1-c1noc(CNS(=O)(=O)c2ccc(Cl)s2)n1. The molecular formula is C14H12ClN3O4S2. The van der Waals surface area contributed by atoms with E-state index in [9.17, 15) is 8.42 Å². The highest BCUT2D eigenvalue weighted by Crippen LogP contribution is 2.27. The number of rotatable bonds is 6. The van der Waals surface area contributed by atoms with Crippen LogP contribution in [0.5, 0.6) is 5.75 Å². The number of sulfonamides is 1. The Bertz CT molecular complexity index is 952. The number of hydrogen-bond acceptors (Lipinski definition) is 7. The van der Waals surface area contributed by atoms with E-state index >= 15 is 0 Å². The minimum absolute atomic E-state index is 0.122. The average Bonchev–Trinajstić information content (AvgIpc) is 3.22. The maximum absolute atomic E-state index is 12.1. The van der Waals surface area contributed by atoms with Crippen LogP contribution in [0.15, 0.2) is 45.1 Å². The quantitative estimate of drug-likeness (QED) is 0.701. The minimum atomic E-state index is -3.67. The Labute approximate surface area is 147 Å². The fourth-order valence-electron chi connectivity index (χ4n) is 1.94. The van der Waals surface area contributed by atoms with Crippen LogP contribution in [0.25, 0.3) is 11.4 Å². The van der Waals surface area contributed by atoms with Gasteiger partial charge in [-0.15, -0.1) is 11.3 Å². The van der Waals surface area contributed by atoms with Crippen molar-refractivity contribution in [1.29, 1.82) is 0 Å². The lowest BCUT2D eigenvalue weighted by molar-refractivity contribution is 0.375. The van der Waals surface area contributed by atoms with Gasteiger partial charge in [-0.2, -0.15) is 4.98 Å². The Kier molecular flexibility index (Phi) is 4.86. The molecule has 1 N–H and O–H groups in total. The minimum Gasteiger partial charge on any atom is -0.496 e. The van der Waals surface area contributed by atoms with Crippen LogP contribution in [-0.4, -0.2) is 25.7 Å². The van der Waals surface area contributed by atoms with Crippen LogP contribution < -0.4 is 9.46 Å². The fourth-order valence-corrected chi connectivity index (χ4v) is 4.44. The highest BCUT2D eigenvalue weighted by Gasteiger charge is 2.19. The van der Waals surface area contributed by atoms with Crippen molar-refractivity contribution in [1.82, 2.24) is 14.9 Å². The Hall–Kier alpha value is -1.94. The second-order valence-electron chi connectivity index (χ2n) is 4.60. The molecule has 0 radical (unpaired) electrons. The number of benzene rings is 1. The van der Waals surface area contributed by atoms with Crippen LogP contribution in [0.1, 0.15) is 5.89 Å². The molecule has 1 aromatic carbocycles. The fraction of sp³-hybridized carbons (Fsp3) is 0.143. The Morgan fingerprint density at radius 2 is 2.08 bits per heavy atom. The van der Waals surface area contributed by atoms with Crippen LogP contribution in [0.3, 0.4) is 0 Å². The van der Waals surface area contributed by atoms with Crippen molar-refractivity contribution >= 4 is 33.0 Å². The first-order chi connectivity index (χ1) is 11.5. The molecule has 0 aliphatic rings. The summed E-state index contributed by atoms with van der Waals surface area (Å²) in [5.74, 6) is 1.06. The van der Waals surface area contributed by atoms with E-state index in [1.807, 2.05) is 12.1 Å². The van der Waals surface area contributed by atoms with Crippen molar-refractivity contribution in [3.8, 4) is 17.1 Å². The lowest BCUT2D eigenvalue weighted by atomic mass is 10.2. The molecular weight excluding hydrogens is 374 g/mol. The Morgan fingerprint density at radius 3 is 2.79 bits per heavy atom. The number of methoxy groups -OCH3 is 1. The van der Waals surface area contributed by atoms with Crippen molar-refractivity contribution in [3.05, 3.63) is 46.6 Å². The molecule has 7 nitrogen and oxygen atoms in total. The predicted molar refractivity (Wildman–Crippen MR) is 89.6 cm³/mol. The molecule has 3 rings (SSSR count). The summed E-state index contributed by atoms with van der Waals surface area (Å²) in [7, 11) is -2.13. The third kappa shape index (κ3) is 3.59. The molecule has 0 bridgehead atoms. The smallest absolute Gasteiger partial charge is 0.250 e. The Balaban J connectivity index is 1.75. The van der Waals surface area contributed by atoms with Gasteiger partial charge >= 0.3 is 0 Å². The van der Waals surface area contributed by atoms with Gasteiger partial charge in [-0.05, 0) is 24.3 Å². The van der Waals surface area contributed by atoms with Gasteiger partial charge in [0.1, 0.15) is 9.96 Å². The second-order valence-corrected chi connectivity index (χ2v) is 8.30. The van der Waals surface area contributed by atoms with Gasteiger partial charge in [0.05, 0.1) is 23.6 Å². The monoisotopic (exact) mass is 385 g/mol.